The number of carbonyl (C=O) groups excluding carboxylic acids is 2. The second-order valence-electron chi connectivity index (χ2n) is 4.98. The minimum Gasteiger partial charge on any atom is -0.273 e. The van der Waals surface area contributed by atoms with Crippen molar-refractivity contribution in [2.75, 3.05) is 11.5 Å². The van der Waals surface area contributed by atoms with Gasteiger partial charge in [-0.05, 0) is 36.6 Å². The van der Waals surface area contributed by atoms with Gasteiger partial charge in [0.1, 0.15) is 0 Å². The van der Waals surface area contributed by atoms with Crippen molar-refractivity contribution in [3.05, 3.63) is 34.3 Å². The van der Waals surface area contributed by atoms with Crippen LogP contribution in [0.1, 0.15) is 23.2 Å². The lowest BCUT2D eigenvalue weighted by Gasteiger charge is -2.10. The number of halogens is 1. The van der Waals surface area contributed by atoms with Crippen molar-refractivity contribution in [3.63, 3.8) is 0 Å². The number of hydrazine groups is 1. The molecule has 0 spiro atoms. The normalized spacial score (nSPS) is 20.0. The first-order valence-corrected chi connectivity index (χ1v) is 9.02. The summed E-state index contributed by atoms with van der Waals surface area (Å²) in [5, 5.41) is 0. The molecule has 1 aromatic carbocycles. The van der Waals surface area contributed by atoms with E-state index in [0.29, 0.717) is 12.0 Å². The largest absolute Gasteiger partial charge is 0.273 e. The number of nitrogens with one attached hydrogen (secondary N) is 2. The summed E-state index contributed by atoms with van der Waals surface area (Å²) in [5.74, 6) is -0.797. The van der Waals surface area contributed by atoms with Crippen LogP contribution in [-0.2, 0) is 14.6 Å². The number of amides is 2. The average molecular weight is 375 g/mol. The minimum atomic E-state index is -2.99. The van der Waals surface area contributed by atoms with Crippen molar-refractivity contribution in [3.8, 4) is 0 Å². The Labute approximate surface area is 131 Å². The molecule has 21 heavy (non-hydrogen) atoms. The summed E-state index contributed by atoms with van der Waals surface area (Å²) in [6.45, 7) is 0. The van der Waals surface area contributed by atoms with Crippen molar-refractivity contribution in [1.29, 1.82) is 0 Å². The van der Waals surface area contributed by atoms with Crippen LogP contribution in [0.2, 0.25) is 0 Å². The molecule has 1 unspecified atom stereocenters. The molecule has 1 fully saturated rings. The van der Waals surface area contributed by atoms with Gasteiger partial charge in [-0.25, -0.2) is 8.42 Å². The number of hydrogen-bond donors (Lipinski definition) is 2. The minimum absolute atomic E-state index is 0.0427. The fraction of sp³-hybridized carbons (Fsp3) is 0.385. The van der Waals surface area contributed by atoms with Gasteiger partial charge < -0.3 is 0 Å². The zero-order valence-electron chi connectivity index (χ0n) is 11.1. The van der Waals surface area contributed by atoms with Gasteiger partial charge >= 0.3 is 0 Å². The Morgan fingerprint density at radius 2 is 1.86 bits per heavy atom. The molecule has 1 heterocycles. The highest BCUT2D eigenvalue weighted by Crippen LogP contribution is 2.21. The highest BCUT2D eigenvalue weighted by molar-refractivity contribution is 9.10. The van der Waals surface area contributed by atoms with Crippen LogP contribution in [0.3, 0.4) is 0 Å². The van der Waals surface area contributed by atoms with Crippen LogP contribution in [0.15, 0.2) is 28.7 Å². The lowest BCUT2D eigenvalue weighted by Crippen LogP contribution is -2.42. The Morgan fingerprint density at radius 3 is 2.43 bits per heavy atom. The van der Waals surface area contributed by atoms with Crippen molar-refractivity contribution in [2.24, 2.45) is 5.92 Å². The molecule has 1 aliphatic rings. The van der Waals surface area contributed by atoms with Gasteiger partial charge in [0.2, 0.25) is 5.91 Å². The summed E-state index contributed by atoms with van der Waals surface area (Å²) in [4.78, 5) is 23.4. The molecule has 0 aromatic heterocycles. The van der Waals surface area contributed by atoms with E-state index < -0.39 is 15.7 Å². The van der Waals surface area contributed by atoms with E-state index in [4.69, 9.17) is 0 Å². The smallest absolute Gasteiger partial charge is 0.269 e. The molecule has 114 valence electrons. The van der Waals surface area contributed by atoms with Gasteiger partial charge in [0.25, 0.3) is 5.91 Å². The zero-order chi connectivity index (χ0) is 15.5. The maximum absolute atomic E-state index is 11.8. The number of rotatable bonds is 3. The lowest BCUT2D eigenvalue weighted by atomic mass is 10.1. The monoisotopic (exact) mass is 374 g/mol. The molecule has 8 heteroatoms. The van der Waals surface area contributed by atoms with Crippen LogP contribution in [0, 0.1) is 5.92 Å². The SMILES string of the molecule is O=C(CC1CCS(=O)(=O)C1)NNC(=O)c1ccc(Br)cc1. The molecule has 0 aliphatic carbocycles. The van der Waals surface area contributed by atoms with E-state index in [-0.39, 0.29) is 29.8 Å². The summed E-state index contributed by atoms with van der Waals surface area (Å²) < 4.78 is 23.4. The van der Waals surface area contributed by atoms with Crippen LogP contribution in [0.5, 0.6) is 0 Å². The highest BCUT2D eigenvalue weighted by atomic mass is 79.9. The third kappa shape index (κ3) is 4.82. The quantitative estimate of drug-likeness (QED) is 0.772. The molecule has 1 aliphatic heterocycles. The summed E-state index contributed by atoms with van der Waals surface area (Å²) in [5.41, 5.74) is 5.03. The first kappa shape index (κ1) is 16.0. The predicted molar refractivity (Wildman–Crippen MR) is 81.1 cm³/mol. The standard InChI is InChI=1S/C13H15BrN2O4S/c14-11-3-1-10(2-4-11)13(18)16-15-12(17)7-9-5-6-21(19,20)8-9/h1-4,9H,5-8H2,(H,15,17)(H,16,18). The van der Waals surface area contributed by atoms with E-state index in [1.165, 1.54) is 0 Å². The highest BCUT2D eigenvalue weighted by Gasteiger charge is 2.29. The maximum Gasteiger partial charge on any atom is 0.269 e. The van der Waals surface area contributed by atoms with Gasteiger partial charge in [-0.2, -0.15) is 0 Å². The molecule has 1 atom stereocenters. The summed E-state index contributed by atoms with van der Waals surface area (Å²) in [6.07, 6.45) is 0.594. The Hall–Kier alpha value is -1.41. The van der Waals surface area contributed by atoms with Gasteiger partial charge in [-0.3, -0.25) is 20.4 Å². The Bertz CT molecular complexity index is 643. The first-order chi connectivity index (χ1) is 9.85. The van der Waals surface area contributed by atoms with E-state index >= 15 is 0 Å². The molecule has 1 saturated heterocycles. The fourth-order valence-corrected chi connectivity index (χ4v) is 4.27. The third-order valence-electron chi connectivity index (χ3n) is 3.22. The van der Waals surface area contributed by atoms with Gasteiger partial charge in [0.15, 0.2) is 9.84 Å². The van der Waals surface area contributed by atoms with Crippen LogP contribution in [-0.4, -0.2) is 31.7 Å². The number of carbonyl (C=O) groups is 2. The van der Waals surface area contributed by atoms with Gasteiger partial charge in [0.05, 0.1) is 11.5 Å². The van der Waals surface area contributed by atoms with Gasteiger partial charge in [-0.1, -0.05) is 15.9 Å². The maximum atomic E-state index is 11.8. The predicted octanol–water partition coefficient (Wildman–Crippen LogP) is 1.03. The van der Waals surface area contributed by atoms with Crippen molar-refractivity contribution < 1.29 is 18.0 Å². The molecule has 0 radical (unpaired) electrons. The van der Waals surface area contributed by atoms with Crippen molar-refractivity contribution in [2.45, 2.75) is 12.8 Å². The van der Waals surface area contributed by atoms with E-state index in [1.807, 2.05) is 0 Å². The Kier molecular flexibility index (Phi) is 5.00. The van der Waals surface area contributed by atoms with E-state index in [1.54, 1.807) is 24.3 Å². The molecule has 1 aromatic rings. The molecule has 2 rings (SSSR count). The molecule has 0 bridgehead atoms. The van der Waals surface area contributed by atoms with Crippen LogP contribution in [0.4, 0.5) is 0 Å². The van der Waals surface area contributed by atoms with Crippen LogP contribution >= 0.6 is 15.9 Å². The van der Waals surface area contributed by atoms with Gasteiger partial charge in [-0.15, -0.1) is 0 Å². The molecular weight excluding hydrogens is 360 g/mol. The van der Waals surface area contributed by atoms with E-state index in [2.05, 4.69) is 26.8 Å². The fourth-order valence-electron chi connectivity index (χ4n) is 2.15. The second kappa shape index (κ2) is 6.57. The molecule has 2 N–H and O–H groups in total. The summed E-state index contributed by atoms with van der Waals surface area (Å²) >= 11 is 3.26. The summed E-state index contributed by atoms with van der Waals surface area (Å²) in [7, 11) is -2.99. The lowest BCUT2D eigenvalue weighted by molar-refractivity contribution is -0.122. The average Bonchev–Trinajstić information content (AvgIpc) is 2.76. The zero-order valence-corrected chi connectivity index (χ0v) is 13.5. The van der Waals surface area contributed by atoms with Crippen LogP contribution < -0.4 is 10.9 Å². The third-order valence-corrected chi connectivity index (χ3v) is 5.59. The molecule has 0 saturated carbocycles. The number of benzene rings is 1. The molecular formula is C13H15BrN2O4S. The van der Waals surface area contributed by atoms with Gasteiger partial charge in [0, 0.05) is 16.5 Å². The Morgan fingerprint density at radius 1 is 1.19 bits per heavy atom. The second-order valence-corrected chi connectivity index (χ2v) is 8.13. The van der Waals surface area contributed by atoms with E-state index in [9.17, 15) is 18.0 Å². The Balaban J connectivity index is 1.79. The number of hydrogen-bond acceptors (Lipinski definition) is 4. The van der Waals surface area contributed by atoms with Crippen molar-refractivity contribution in [1.82, 2.24) is 10.9 Å². The summed E-state index contributed by atoms with van der Waals surface area (Å²) in [6, 6.07) is 6.68. The van der Waals surface area contributed by atoms with Crippen molar-refractivity contribution >= 4 is 37.6 Å². The first-order valence-electron chi connectivity index (χ1n) is 6.41. The number of sulfone groups is 1. The molecule has 6 nitrogen and oxygen atoms in total. The topological polar surface area (TPSA) is 92.3 Å². The van der Waals surface area contributed by atoms with Crippen LogP contribution in [0.25, 0.3) is 0 Å². The molecule has 2 amide bonds. The van der Waals surface area contributed by atoms with E-state index in [0.717, 1.165) is 4.47 Å².